The van der Waals surface area contributed by atoms with Gasteiger partial charge in [-0.15, -0.1) is 0 Å². The Morgan fingerprint density at radius 1 is 1.37 bits per heavy atom. The summed E-state index contributed by atoms with van der Waals surface area (Å²) in [6, 6.07) is 11.1. The first-order valence-electron chi connectivity index (χ1n) is 7.30. The van der Waals surface area contributed by atoms with E-state index >= 15 is 0 Å². The number of piperidine rings is 1. The summed E-state index contributed by atoms with van der Waals surface area (Å²) in [7, 11) is 1.79. The summed E-state index contributed by atoms with van der Waals surface area (Å²) in [6.07, 6.45) is 3.60. The molecule has 2 atom stereocenters. The standard InChI is InChI=1S/C16H26N2O/c1-19-13-15-8-5-9-18(12-15)16(11-17)10-14-6-3-2-4-7-14/h2-4,6-7,15-16H,5,8-13,17H2,1H3. The molecular formula is C16H26N2O. The van der Waals surface area contributed by atoms with Crippen molar-refractivity contribution in [2.24, 2.45) is 11.7 Å². The Hall–Kier alpha value is -0.900. The first kappa shape index (κ1) is 14.5. The van der Waals surface area contributed by atoms with Gasteiger partial charge in [0.25, 0.3) is 0 Å². The van der Waals surface area contributed by atoms with E-state index in [4.69, 9.17) is 10.5 Å². The van der Waals surface area contributed by atoms with Crippen LogP contribution < -0.4 is 5.73 Å². The summed E-state index contributed by atoms with van der Waals surface area (Å²) in [4.78, 5) is 2.56. The van der Waals surface area contributed by atoms with Crippen LogP contribution >= 0.6 is 0 Å². The fourth-order valence-electron chi connectivity index (χ4n) is 3.05. The van der Waals surface area contributed by atoms with Crippen molar-refractivity contribution in [1.82, 2.24) is 4.90 Å². The van der Waals surface area contributed by atoms with Crippen molar-refractivity contribution in [3.63, 3.8) is 0 Å². The molecule has 0 aliphatic carbocycles. The van der Waals surface area contributed by atoms with Crippen molar-refractivity contribution in [3.8, 4) is 0 Å². The molecule has 2 N–H and O–H groups in total. The van der Waals surface area contributed by atoms with Crippen LogP contribution in [-0.2, 0) is 11.2 Å². The second-order valence-corrected chi connectivity index (χ2v) is 5.54. The van der Waals surface area contributed by atoms with E-state index in [1.807, 2.05) is 0 Å². The van der Waals surface area contributed by atoms with E-state index in [1.54, 1.807) is 7.11 Å². The van der Waals surface area contributed by atoms with E-state index in [-0.39, 0.29) is 0 Å². The lowest BCUT2D eigenvalue weighted by molar-refractivity contribution is 0.0699. The highest BCUT2D eigenvalue weighted by Gasteiger charge is 2.25. The van der Waals surface area contributed by atoms with Gasteiger partial charge in [-0.3, -0.25) is 4.90 Å². The van der Waals surface area contributed by atoms with Gasteiger partial charge >= 0.3 is 0 Å². The van der Waals surface area contributed by atoms with Crippen LogP contribution in [-0.4, -0.2) is 44.3 Å². The molecular weight excluding hydrogens is 236 g/mol. The van der Waals surface area contributed by atoms with Gasteiger partial charge in [-0.25, -0.2) is 0 Å². The Morgan fingerprint density at radius 2 is 2.16 bits per heavy atom. The number of rotatable bonds is 6. The van der Waals surface area contributed by atoms with E-state index in [2.05, 4.69) is 35.2 Å². The quantitative estimate of drug-likeness (QED) is 0.851. The molecule has 1 aliphatic heterocycles. The maximum absolute atomic E-state index is 6.00. The van der Waals surface area contributed by atoms with Crippen molar-refractivity contribution in [2.75, 3.05) is 33.4 Å². The van der Waals surface area contributed by atoms with Crippen molar-refractivity contribution in [3.05, 3.63) is 35.9 Å². The van der Waals surface area contributed by atoms with Gasteiger partial charge in [-0.05, 0) is 37.3 Å². The zero-order valence-electron chi connectivity index (χ0n) is 11.9. The van der Waals surface area contributed by atoms with Crippen molar-refractivity contribution in [1.29, 1.82) is 0 Å². The minimum atomic E-state index is 0.460. The largest absolute Gasteiger partial charge is 0.384 e. The Balaban J connectivity index is 1.93. The summed E-state index contributed by atoms with van der Waals surface area (Å²) >= 11 is 0. The molecule has 3 heteroatoms. The van der Waals surface area contributed by atoms with Gasteiger partial charge in [0.1, 0.15) is 0 Å². The van der Waals surface area contributed by atoms with Crippen LogP contribution in [0.2, 0.25) is 0 Å². The van der Waals surface area contributed by atoms with E-state index in [0.29, 0.717) is 12.0 Å². The highest BCUT2D eigenvalue weighted by Crippen LogP contribution is 2.20. The molecule has 0 spiro atoms. The smallest absolute Gasteiger partial charge is 0.0502 e. The van der Waals surface area contributed by atoms with Gasteiger partial charge in [0.05, 0.1) is 6.61 Å². The first-order chi connectivity index (χ1) is 9.33. The van der Waals surface area contributed by atoms with Crippen LogP contribution in [0.25, 0.3) is 0 Å². The molecule has 1 saturated heterocycles. The maximum Gasteiger partial charge on any atom is 0.0502 e. The van der Waals surface area contributed by atoms with Crippen LogP contribution in [0.15, 0.2) is 30.3 Å². The van der Waals surface area contributed by atoms with Crippen LogP contribution in [0.1, 0.15) is 18.4 Å². The Labute approximate surface area is 116 Å². The third kappa shape index (κ3) is 4.30. The molecule has 1 aliphatic rings. The van der Waals surface area contributed by atoms with Gasteiger partial charge in [-0.1, -0.05) is 30.3 Å². The van der Waals surface area contributed by atoms with E-state index in [9.17, 15) is 0 Å². The SMILES string of the molecule is COCC1CCCN(C(CN)Cc2ccccc2)C1. The zero-order chi connectivity index (χ0) is 13.5. The molecule has 3 nitrogen and oxygen atoms in total. The van der Waals surface area contributed by atoms with Crippen LogP contribution in [0.4, 0.5) is 0 Å². The fourth-order valence-corrected chi connectivity index (χ4v) is 3.05. The Kier molecular flexibility index (Phi) is 5.83. The van der Waals surface area contributed by atoms with E-state index < -0.39 is 0 Å². The highest BCUT2D eigenvalue weighted by molar-refractivity contribution is 5.16. The van der Waals surface area contributed by atoms with Gasteiger partial charge in [0.15, 0.2) is 0 Å². The number of ether oxygens (including phenoxy) is 1. The summed E-state index contributed by atoms with van der Waals surface area (Å²) in [5.41, 5.74) is 7.38. The minimum Gasteiger partial charge on any atom is -0.384 e. The highest BCUT2D eigenvalue weighted by atomic mass is 16.5. The third-order valence-corrected chi connectivity index (χ3v) is 4.06. The third-order valence-electron chi connectivity index (χ3n) is 4.06. The van der Waals surface area contributed by atoms with E-state index in [1.165, 1.54) is 24.9 Å². The Bertz CT molecular complexity index is 353. The molecule has 1 aromatic rings. The Morgan fingerprint density at radius 3 is 2.84 bits per heavy atom. The molecule has 0 saturated carbocycles. The van der Waals surface area contributed by atoms with Crippen LogP contribution in [0.5, 0.6) is 0 Å². The van der Waals surface area contributed by atoms with Gasteiger partial charge in [0.2, 0.25) is 0 Å². The minimum absolute atomic E-state index is 0.460. The molecule has 1 heterocycles. The topological polar surface area (TPSA) is 38.5 Å². The number of nitrogens with zero attached hydrogens (tertiary/aromatic N) is 1. The van der Waals surface area contributed by atoms with Crippen molar-refractivity contribution in [2.45, 2.75) is 25.3 Å². The molecule has 0 bridgehead atoms. The summed E-state index contributed by atoms with van der Waals surface area (Å²) in [5, 5.41) is 0. The lowest BCUT2D eigenvalue weighted by atomic mass is 9.95. The first-order valence-corrected chi connectivity index (χ1v) is 7.30. The fraction of sp³-hybridized carbons (Fsp3) is 0.625. The molecule has 2 unspecified atom stereocenters. The number of nitrogens with two attached hydrogens (primary N) is 1. The predicted octanol–water partition coefficient (Wildman–Crippen LogP) is 1.91. The normalized spacial score (nSPS) is 22.3. The zero-order valence-corrected chi connectivity index (χ0v) is 11.9. The number of hydrogen-bond acceptors (Lipinski definition) is 3. The average Bonchev–Trinajstić information content (AvgIpc) is 2.46. The molecule has 1 fully saturated rings. The summed E-state index contributed by atoms with van der Waals surface area (Å²) in [6.45, 7) is 3.91. The second-order valence-electron chi connectivity index (χ2n) is 5.54. The summed E-state index contributed by atoms with van der Waals surface area (Å²) in [5.74, 6) is 0.670. The molecule has 106 valence electrons. The monoisotopic (exact) mass is 262 g/mol. The van der Waals surface area contributed by atoms with Gasteiger partial charge < -0.3 is 10.5 Å². The lowest BCUT2D eigenvalue weighted by Crippen LogP contribution is -2.48. The molecule has 2 rings (SSSR count). The van der Waals surface area contributed by atoms with Gasteiger partial charge in [0, 0.05) is 26.2 Å². The van der Waals surface area contributed by atoms with Crippen molar-refractivity contribution >= 4 is 0 Å². The van der Waals surface area contributed by atoms with E-state index in [0.717, 1.165) is 26.1 Å². The van der Waals surface area contributed by atoms with Crippen LogP contribution in [0, 0.1) is 5.92 Å². The lowest BCUT2D eigenvalue weighted by Gasteiger charge is -2.37. The molecule has 0 aromatic heterocycles. The molecule has 1 aromatic carbocycles. The number of hydrogen-bond donors (Lipinski definition) is 1. The predicted molar refractivity (Wildman–Crippen MR) is 79.2 cm³/mol. The van der Waals surface area contributed by atoms with Crippen LogP contribution in [0.3, 0.4) is 0 Å². The van der Waals surface area contributed by atoms with Gasteiger partial charge in [-0.2, -0.15) is 0 Å². The number of likely N-dealkylation sites (tertiary alicyclic amines) is 1. The average molecular weight is 262 g/mol. The maximum atomic E-state index is 6.00. The molecule has 0 radical (unpaired) electrons. The molecule has 19 heavy (non-hydrogen) atoms. The summed E-state index contributed by atoms with van der Waals surface area (Å²) < 4.78 is 5.30. The number of methoxy groups -OCH3 is 1. The van der Waals surface area contributed by atoms with Crippen molar-refractivity contribution < 1.29 is 4.74 Å². The second kappa shape index (κ2) is 7.63. The number of benzene rings is 1. The molecule has 0 amide bonds.